The number of amides is 2. The van der Waals surface area contributed by atoms with Crippen LogP contribution in [0.4, 0.5) is 4.39 Å². The maximum atomic E-state index is 13.2. The zero-order valence-electron chi connectivity index (χ0n) is 16.9. The highest BCUT2D eigenvalue weighted by Gasteiger charge is 2.28. The van der Waals surface area contributed by atoms with Gasteiger partial charge in [-0.15, -0.1) is 0 Å². The molecule has 5 heteroatoms. The predicted molar refractivity (Wildman–Crippen MR) is 109 cm³/mol. The Morgan fingerprint density at radius 3 is 2.36 bits per heavy atom. The van der Waals surface area contributed by atoms with E-state index in [-0.39, 0.29) is 24.1 Å². The van der Waals surface area contributed by atoms with Crippen molar-refractivity contribution in [3.05, 3.63) is 71.0 Å². The number of nitrogens with zero attached hydrogens (tertiary/aromatic N) is 1. The fourth-order valence-electron chi connectivity index (χ4n) is 3.13. The van der Waals surface area contributed by atoms with Gasteiger partial charge in [-0.2, -0.15) is 0 Å². The standard InChI is InChI=1S/C23H29FN2O2/c1-4-14-25-23(28)21(5-2)26(16-19-9-7-6-8-17(19)3)22(27)15-18-10-12-20(24)13-11-18/h6-13,21H,4-5,14-16H2,1-3H3,(H,25,28). The Hall–Kier alpha value is -2.69. The summed E-state index contributed by atoms with van der Waals surface area (Å²) in [7, 11) is 0. The van der Waals surface area contributed by atoms with E-state index in [4.69, 9.17) is 0 Å². The summed E-state index contributed by atoms with van der Waals surface area (Å²) in [5.41, 5.74) is 2.81. The Labute approximate surface area is 166 Å². The van der Waals surface area contributed by atoms with Crippen molar-refractivity contribution in [1.29, 1.82) is 0 Å². The number of halogens is 1. The SMILES string of the molecule is CCCNC(=O)C(CC)N(Cc1ccccc1C)C(=O)Cc1ccc(F)cc1. The molecule has 2 amide bonds. The summed E-state index contributed by atoms with van der Waals surface area (Å²) in [5.74, 6) is -0.614. The van der Waals surface area contributed by atoms with Crippen LogP contribution in [0.25, 0.3) is 0 Å². The third-order valence-electron chi connectivity index (χ3n) is 4.81. The van der Waals surface area contributed by atoms with Gasteiger partial charge in [0.25, 0.3) is 0 Å². The molecular weight excluding hydrogens is 355 g/mol. The van der Waals surface area contributed by atoms with E-state index in [0.717, 1.165) is 23.1 Å². The van der Waals surface area contributed by atoms with Crippen LogP contribution in [0.15, 0.2) is 48.5 Å². The van der Waals surface area contributed by atoms with E-state index in [1.807, 2.05) is 45.0 Å². The lowest BCUT2D eigenvalue weighted by atomic mass is 10.0. The van der Waals surface area contributed by atoms with Gasteiger partial charge in [0.2, 0.25) is 11.8 Å². The fourth-order valence-corrected chi connectivity index (χ4v) is 3.13. The van der Waals surface area contributed by atoms with Crippen molar-refractivity contribution in [1.82, 2.24) is 10.2 Å². The van der Waals surface area contributed by atoms with Crippen LogP contribution in [0.1, 0.15) is 43.4 Å². The second kappa shape index (κ2) is 10.6. The molecule has 1 atom stereocenters. The van der Waals surface area contributed by atoms with Gasteiger partial charge in [-0.05, 0) is 48.6 Å². The number of hydrogen-bond acceptors (Lipinski definition) is 2. The van der Waals surface area contributed by atoms with E-state index in [1.165, 1.54) is 12.1 Å². The summed E-state index contributed by atoms with van der Waals surface area (Å²) in [6.45, 7) is 6.85. The molecule has 0 spiro atoms. The van der Waals surface area contributed by atoms with Gasteiger partial charge in [0.15, 0.2) is 0 Å². The number of carbonyl (C=O) groups is 2. The molecule has 0 saturated heterocycles. The molecule has 2 rings (SSSR count). The first-order valence-electron chi connectivity index (χ1n) is 9.82. The molecule has 150 valence electrons. The average molecular weight is 384 g/mol. The van der Waals surface area contributed by atoms with Crippen LogP contribution in [-0.4, -0.2) is 29.3 Å². The van der Waals surface area contributed by atoms with Crippen LogP contribution in [-0.2, 0) is 22.6 Å². The molecule has 4 nitrogen and oxygen atoms in total. The van der Waals surface area contributed by atoms with Gasteiger partial charge in [-0.3, -0.25) is 9.59 Å². The lowest BCUT2D eigenvalue weighted by Crippen LogP contribution is -2.49. The highest BCUT2D eigenvalue weighted by atomic mass is 19.1. The molecule has 1 unspecified atom stereocenters. The van der Waals surface area contributed by atoms with Gasteiger partial charge in [0.1, 0.15) is 11.9 Å². The number of hydrogen-bond donors (Lipinski definition) is 1. The first-order chi connectivity index (χ1) is 13.5. The Morgan fingerprint density at radius 1 is 1.07 bits per heavy atom. The van der Waals surface area contributed by atoms with E-state index < -0.39 is 6.04 Å². The second-order valence-electron chi connectivity index (χ2n) is 6.97. The number of nitrogens with one attached hydrogen (secondary N) is 1. The normalized spacial score (nSPS) is 11.7. The molecule has 0 radical (unpaired) electrons. The third-order valence-corrected chi connectivity index (χ3v) is 4.81. The average Bonchev–Trinajstić information content (AvgIpc) is 2.69. The first-order valence-corrected chi connectivity index (χ1v) is 9.82. The summed E-state index contributed by atoms with van der Waals surface area (Å²) < 4.78 is 13.2. The maximum absolute atomic E-state index is 13.2. The van der Waals surface area contributed by atoms with Gasteiger partial charge < -0.3 is 10.2 Å². The van der Waals surface area contributed by atoms with E-state index in [2.05, 4.69) is 5.32 Å². The molecule has 0 aliphatic heterocycles. The Balaban J connectivity index is 2.27. The van der Waals surface area contributed by atoms with Crippen molar-refractivity contribution in [2.24, 2.45) is 0 Å². The van der Waals surface area contributed by atoms with Crippen LogP contribution in [0.2, 0.25) is 0 Å². The summed E-state index contributed by atoms with van der Waals surface area (Å²) >= 11 is 0. The number of rotatable bonds is 9. The van der Waals surface area contributed by atoms with Crippen molar-refractivity contribution < 1.29 is 14.0 Å². The third kappa shape index (κ3) is 5.91. The molecule has 0 aliphatic carbocycles. The fraction of sp³-hybridized carbons (Fsp3) is 0.391. The van der Waals surface area contributed by atoms with E-state index >= 15 is 0 Å². The summed E-state index contributed by atoms with van der Waals surface area (Å²) in [5, 5.41) is 2.91. The predicted octanol–water partition coefficient (Wildman–Crippen LogP) is 4.01. The Bertz CT molecular complexity index is 789. The summed E-state index contributed by atoms with van der Waals surface area (Å²) in [6, 6.07) is 13.2. The van der Waals surface area contributed by atoms with Crippen molar-refractivity contribution in [2.75, 3.05) is 6.54 Å². The smallest absolute Gasteiger partial charge is 0.242 e. The maximum Gasteiger partial charge on any atom is 0.242 e. The van der Waals surface area contributed by atoms with Crippen LogP contribution in [0.5, 0.6) is 0 Å². The second-order valence-corrected chi connectivity index (χ2v) is 6.97. The molecule has 0 saturated carbocycles. The van der Waals surface area contributed by atoms with Crippen LogP contribution < -0.4 is 5.32 Å². The number of carbonyl (C=O) groups excluding carboxylic acids is 2. The molecule has 0 aliphatic rings. The zero-order valence-corrected chi connectivity index (χ0v) is 16.9. The van der Waals surface area contributed by atoms with Gasteiger partial charge in [0.05, 0.1) is 6.42 Å². The van der Waals surface area contributed by atoms with E-state index in [1.54, 1.807) is 17.0 Å². The number of benzene rings is 2. The number of aryl methyl sites for hydroxylation is 1. The van der Waals surface area contributed by atoms with Crippen LogP contribution in [0.3, 0.4) is 0 Å². The monoisotopic (exact) mass is 384 g/mol. The molecule has 0 bridgehead atoms. The molecule has 0 aromatic heterocycles. The van der Waals surface area contributed by atoms with E-state index in [9.17, 15) is 14.0 Å². The van der Waals surface area contributed by atoms with Crippen molar-refractivity contribution in [2.45, 2.75) is 52.6 Å². The lowest BCUT2D eigenvalue weighted by molar-refractivity contribution is -0.140. The van der Waals surface area contributed by atoms with Crippen molar-refractivity contribution in [3.63, 3.8) is 0 Å². The molecule has 0 fully saturated rings. The Kier molecular flexibility index (Phi) is 8.18. The highest BCUT2D eigenvalue weighted by molar-refractivity contribution is 5.88. The van der Waals surface area contributed by atoms with Gasteiger partial charge >= 0.3 is 0 Å². The first kappa shape index (κ1) is 21.6. The van der Waals surface area contributed by atoms with Crippen LogP contribution >= 0.6 is 0 Å². The summed E-state index contributed by atoms with van der Waals surface area (Å²) in [4.78, 5) is 27.5. The molecular formula is C23H29FN2O2. The van der Waals surface area contributed by atoms with Crippen molar-refractivity contribution in [3.8, 4) is 0 Å². The zero-order chi connectivity index (χ0) is 20.5. The topological polar surface area (TPSA) is 49.4 Å². The van der Waals surface area contributed by atoms with E-state index in [0.29, 0.717) is 19.5 Å². The highest BCUT2D eigenvalue weighted by Crippen LogP contribution is 2.17. The molecule has 1 N–H and O–H groups in total. The minimum absolute atomic E-state index is 0.129. The van der Waals surface area contributed by atoms with Gasteiger partial charge in [0, 0.05) is 13.1 Å². The summed E-state index contributed by atoms with van der Waals surface area (Å²) in [6.07, 6.45) is 1.49. The largest absolute Gasteiger partial charge is 0.354 e. The molecule has 2 aromatic rings. The molecule has 28 heavy (non-hydrogen) atoms. The molecule has 2 aromatic carbocycles. The molecule has 0 heterocycles. The lowest BCUT2D eigenvalue weighted by Gasteiger charge is -2.31. The van der Waals surface area contributed by atoms with Crippen molar-refractivity contribution >= 4 is 11.8 Å². The minimum atomic E-state index is -0.542. The van der Waals surface area contributed by atoms with Crippen LogP contribution in [0, 0.1) is 12.7 Å². The minimum Gasteiger partial charge on any atom is -0.354 e. The van der Waals surface area contributed by atoms with Gasteiger partial charge in [-0.25, -0.2) is 4.39 Å². The Morgan fingerprint density at radius 2 is 1.75 bits per heavy atom. The quantitative estimate of drug-likeness (QED) is 0.710. The van der Waals surface area contributed by atoms with Gasteiger partial charge in [-0.1, -0.05) is 50.2 Å².